The van der Waals surface area contributed by atoms with Gasteiger partial charge < -0.3 is 15.4 Å². The molecule has 0 aromatic heterocycles. The van der Waals surface area contributed by atoms with Crippen molar-refractivity contribution < 1.29 is 14.3 Å². The van der Waals surface area contributed by atoms with E-state index >= 15 is 0 Å². The standard InChI is InChI=1S/C23H29N3O3/c1-2-29-21-12-10-20(11-13-21)25-22(27)15-24-23(28)19-9-6-14-26(17-19)16-18-7-4-3-5-8-18/h3-5,7-8,10-13,19H,2,6,9,14-17H2,1H3,(H,24,28)(H,25,27). The summed E-state index contributed by atoms with van der Waals surface area (Å²) in [6, 6.07) is 17.5. The highest BCUT2D eigenvalue weighted by Gasteiger charge is 2.26. The molecule has 2 N–H and O–H groups in total. The Labute approximate surface area is 172 Å². The average molecular weight is 396 g/mol. The summed E-state index contributed by atoms with van der Waals surface area (Å²) in [6.45, 7) is 5.06. The number of nitrogens with one attached hydrogen (secondary N) is 2. The van der Waals surface area contributed by atoms with Crippen LogP contribution < -0.4 is 15.4 Å². The van der Waals surface area contributed by atoms with Crippen LogP contribution in [0.1, 0.15) is 25.3 Å². The number of ether oxygens (including phenoxy) is 1. The molecule has 1 aliphatic rings. The topological polar surface area (TPSA) is 70.7 Å². The van der Waals surface area contributed by atoms with E-state index in [1.54, 1.807) is 24.3 Å². The van der Waals surface area contributed by atoms with E-state index in [4.69, 9.17) is 4.74 Å². The first-order valence-corrected chi connectivity index (χ1v) is 10.2. The maximum atomic E-state index is 12.5. The smallest absolute Gasteiger partial charge is 0.243 e. The molecule has 1 atom stereocenters. The Kier molecular flexibility index (Phi) is 7.64. The van der Waals surface area contributed by atoms with E-state index < -0.39 is 0 Å². The molecule has 1 unspecified atom stereocenters. The number of benzene rings is 2. The molecule has 0 saturated carbocycles. The highest BCUT2D eigenvalue weighted by Crippen LogP contribution is 2.19. The Bertz CT molecular complexity index is 793. The van der Waals surface area contributed by atoms with Crippen LogP contribution in [0.2, 0.25) is 0 Å². The van der Waals surface area contributed by atoms with Crippen LogP contribution in [-0.4, -0.2) is 43.0 Å². The summed E-state index contributed by atoms with van der Waals surface area (Å²) in [5.41, 5.74) is 1.93. The fraction of sp³-hybridized carbons (Fsp3) is 0.391. The van der Waals surface area contributed by atoms with Crippen LogP contribution >= 0.6 is 0 Å². The molecule has 154 valence electrons. The SMILES string of the molecule is CCOc1ccc(NC(=O)CNC(=O)C2CCCN(Cc3ccccc3)C2)cc1. The molecule has 29 heavy (non-hydrogen) atoms. The van der Waals surface area contributed by atoms with Crippen LogP contribution in [0.15, 0.2) is 54.6 Å². The third kappa shape index (κ3) is 6.61. The van der Waals surface area contributed by atoms with Crippen molar-refractivity contribution in [2.45, 2.75) is 26.3 Å². The molecular weight excluding hydrogens is 366 g/mol. The van der Waals surface area contributed by atoms with E-state index in [0.29, 0.717) is 12.3 Å². The summed E-state index contributed by atoms with van der Waals surface area (Å²) < 4.78 is 5.38. The number of likely N-dealkylation sites (tertiary alicyclic amines) is 1. The summed E-state index contributed by atoms with van der Waals surface area (Å²) in [4.78, 5) is 27.0. The number of amides is 2. The van der Waals surface area contributed by atoms with Gasteiger partial charge >= 0.3 is 0 Å². The third-order valence-corrected chi connectivity index (χ3v) is 5.00. The molecule has 1 saturated heterocycles. The number of hydrogen-bond acceptors (Lipinski definition) is 4. The van der Waals surface area contributed by atoms with Crippen LogP contribution in [0.3, 0.4) is 0 Å². The number of hydrogen-bond donors (Lipinski definition) is 2. The number of nitrogens with zero attached hydrogens (tertiary/aromatic N) is 1. The molecule has 2 aromatic carbocycles. The molecule has 6 heteroatoms. The van der Waals surface area contributed by atoms with E-state index in [1.807, 2.05) is 25.1 Å². The lowest BCUT2D eigenvalue weighted by atomic mass is 9.96. The molecule has 1 fully saturated rings. The zero-order chi connectivity index (χ0) is 20.5. The van der Waals surface area contributed by atoms with E-state index in [-0.39, 0.29) is 24.3 Å². The second kappa shape index (κ2) is 10.6. The lowest BCUT2D eigenvalue weighted by molar-refractivity contribution is -0.128. The molecule has 1 heterocycles. The Balaban J connectivity index is 1.42. The van der Waals surface area contributed by atoms with Gasteiger partial charge in [-0.05, 0) is 56.1 Å². The van der Waals surface area contributed by atoms with Crippen LogP contribution in [0, 0.1) is 5.92 Å². The number of carbonyl (C=O) groups excluding carboxylic acids is 2. The molecule has 0 aliphatic carbocycles. The number of piperidine rings is 1. The maximum Gasteiger partial charge on any atom is 0.243 e. The van der Waals surface area contributed by atoms with Crippen molar-refractivity contribution in [1.29, 1.82) is 0 Å². The van der Waals surface area contributed by atoms with Crippen molar-refractivity contribution in [1.82, 2.24) is 10.2 Å². The summed E-state index contributed by atoms with van der Waals surface area (Å²) in [6.07, 6.45) is 1.85. The summed E-state index contributed by atoms with van der Waals surface area (Å²) in [5.74, 6) is 0.394. The van der Waals surface area contributed by atoms with Gasteiger partial charge in [-0.3, -0.25) is 14.5 Å². The normalized spacial score (nSPS) is 16.8. The lowest BCUT2D eigenvalue weighted by Crippen LogP contribution is -2.44. The second-order valence-corrected chi connectivity index (χ2v) is 7.28. The summed E-state index contributed by atoms with van der Waals surface area (Å²) in [7, 11) is 0. The summed E-state index contributed by atoms with van der Waals surface area (Å²) in [5, 5.41) is 5.58. The van der Waals surface area contributed by atoms with Gasteiger partial charge in [0.1, 0.15) is 5.75 Å². The Morgan fingerprint density at radius 3 is 2.59 bits per heavy atom. The van der Waals surface area contributed by atoms with Crippen molar-refractivity contribution in [2.24, 2.45) is 5.92 Å². The molecule has 0 bridgehead atoms. The molecule has 0 spiro atoms. The van der Waals surface area contributed by atoms with Gasteiger partial charge in [-0.25, -0.2) is 0 Å². The van der Waals surface area contributed by atoms with Gasteiger partial charge in [0, 0.05) is 18.8 Å². The quantitative estimate of drug-likeness (QED) is 0.721. The van der Waals surface area contributed by atoms with Gasteiger partial charge in [-0.1, -0.05) is 30.3 Å². The van der Waals surface area contributed by atoms with Crippen LogP contribution in [-0.2, 0) is 16.1 Å². The van der Waals surface area contributed by atoms with E-state index in [0.717, 1.165) is 38.2 Å². The summed E-state index contributed by atoms with van der Waals surface area (Å²) >= 11 is 0. The van der Waals surface area contributed by atoms with Crippen molar-refractivity contribution in [3.8, 4) is 5.75 Å². The van der Waals surface area contributed by atoms with Gasteiger partial charge in [0.25, 0.3) is 0 Å². The zero-order valence-corrected chi connectivity index (χ0v) is 16.9. The van der Waals surface area contributed by atoms with Gasteiger partial charge in [0.05, 0.1) is 19.1 Å². The molecule has 6 nitrogen and oxygen atoms in total. The Morgan fingerprint density at radius 2 is 1.86 bits per heavy atom. The minimum Gasteiger partial charge on any atom is -0.494 e. The van der Waals surface area contributed by atoms with Crippen LogP contribution in [0.4, 0.5) is 5.69 Å². The lowest BCUT2D eigenvalue weighted by Gasteiger charge is -2.32. The average Bonchev–Trinajstić information content (AvgIpc) is 2.74. The third-order valence-electron chi connectivity index (χ3n) is 5.00. The van der Waals surface area contributed by atoms with Gasteiger partial charge in [0.15, 0.2) is 0 Å². The monoisotopic (exact) mass is 395 g/mol. The largest absolute Gasteiger partial charge is 0.494 e. The minimum absolute atomic E-state index is 0.0266. The first-order valence-electron chi connectivity index (χ1n) is 10.2. The highest BCUT2D eigenvalue weighted by atomic mass is 16.5. The first-order chi connectivity index (χ1) is 14.1. The molecule has 1 aliphatic heterocycles. The van der Waals surface area contributed by atoms with Crippen LogP contribution in [0.5, 0.6) is 5.75 Å². The molecular formula is C23H29N3O3. The van der Waals surface area contributed by atoms with Crippen molar-refractivity contribution in [3.63, 3.8) is 0 Å². The van der Waals surface area contributed by atoms with Crippen molar-refractivity contribution in [3.05, 3.63) is 60.2 Å². The van der Waals surface area contributed by atoms with E-state index in [9.17, 15) is 9.59 Å². The number of rotatable bonds is 8. The van der Waals surface area contributed by atoms with E-state index in [2.05, 4.69) is 27.7 Å². The van der Waals surface area contributed by atoms with Gasteiger partial charge in [-0.15, -0.1) is 0 Å². The fourth-order valence-corrected chi connectivity index (χ4v) is 3.57. The first kappa shape index (κ1) is 20.9. The Morgan fingerprint density at radius 1 is 1.10 bits per heavy atom. The second-order valence-electron chi connectivity index (χ2n) is 7.28. The maximum absolute atomic E-state index is 12.5. The van der Waals surface area contributed by atoms with Crippen molar-refractivity contribution in [2.75, 3.05) is 31.6 Å². The fourth-order valence-electron chi connectivity index (χ4n) is 3.57. The number of carbonyl (C=O) groups is 2. The molecule has 2 aromatic rings. The van der Waals surface area contributed by atoms with E-state index in [1.165, 1.54) is 5.56 Å². The van der Waals surface area contributed by atoms with Crippen molar-refractivity contribution >= 4 is 17.5 Å². The molecule has 0 radical (unpaired) electrons. The highest BCUT2D eigenvalue weighted by molar-refractivity contribution is 5.94. The predicted molar refractivity (Wildman–Crippen MR) is 114 cm³/mol. The number of anilines is 1. The molecule has 2 amide bonds. The minimum atomic E-state index is -0.237. The van der Waals surface area contributed by atoms with Crippen LogP contribution in [0.25, 0.3) is 0 Å². The zero-order valence-electron chi connectivity index (χ0n) is 16.9. The Hall–Kier alpha value is -2.86. The van der Waals surface area contributed by atoms with Gasteiger partial charge in [0.2, 0.25) is 11.8 Å². The molecule has 3 rings (SSSR count). The van der Waals surface area contributed by atoms with Gasteiger partial charge in [-0.2, -0.15) is 0 Å². The predicted octanol–water partition coefficient (Wildman–Crippen LogP) is 3.05.